The standard InChI is InChI=1S/C16H26N4O3/c1-6-8-20-13-12(4)19(9-7-10-21)16(22)18(5)14(13)17-15(20)23-11(2)3/h11,21H,4,6-10H2,1-3,5H3. The quantitative estimate of drug-likeness (QED) is 0.836. The van der Waals surface area contributed by atoms with Crippen molar-refractivity contribution in [2.75, 3.05) is 25.1 Å². The Kier molecular flexibility index (Phi) is 5.30. The Labute approximate surface area is 137 Å². The van der Waals surface area contributed by atoms with Gasteiger partial charge in [-0.2, -0.15) is 4.98 Å². The number of carbonyl (C=O) groups excluding carboxylic acids is 1. The molecule has 0 radical (unpaired) electrons. The molecule has 0 spiro atoms. The number of imidazole rings is 1. The number of urea groups is 1. The van der Waals surface area contributed by atoms with E-state index in [0.717, 1.165) is 18.7 Å². The third-order valence-corrected chi connectivity index (χ3v) is 3.68. The summed E-state index contributed by atoms with van der Waals surface area (Å²) < 4.78 is 7.79. The molecule has 2 heterocycles. The van der Waals surface area contributed by atoms with Gasteiger partial charge in [0.15, 0.2) is 5.82 Å². The lowest BCUT2D eigenvalue weighted by Crippen LogP contribution is -2.45. The van der Waals surface area contributed by atoms with Crippen molar-refractivity contribution < 1.29 is 14.6 Å². The Hall–Kier alpha value is -2.02. The Bertz CT molecular complexity index is 594. The van der Waals surface area contributed by atoms with Crippen LogP contribution in [-0.2, 0) is 6.54 Å². The van der Waals surface area contributed by atoms with Crippen LogP contribution in [0.15, 0.2) is 6.58 Å². The first-order valence-electron chi connectivity index (χ1n) is 8.04. The van der Waals surface area contributed by atoms with E-state index < -0.39 is 0 Å². The molecule has 128 valence electrons. The van der Waals surface area contributed by atoms with Gasteiger partial charge in [0.25, 0.3) is 6.01 Å². The molecule has 1 aliphatic heterocycles. The van der Waals surface area contributed by atoms with Crippen molar-refractivity contribution in [3.05, 3.63) is 12.3 Å². The average molecular weight is 322 g/mol. The molecule has 7 nitrogen and oxygen atoms in total. The first kappa shape index (κ1) is 17.3. The van der Waals surface area contributed by atoms with Crippen LogP contribution in [0, 0.1) is 0 Å². The largest absolute Gasteiger partial charge is 0.462 e. The third kappa shape index (κ3) is 3.19. The van der Waals surface area contributed by atoms with Gasteiger partial charge in [-0.25, -0.2) is 4.79 Å². The average Bonchev–Trinajstić information content (AvgIpc) is 2.84. The van der Waals surface area contributed by atoms with E-state index >= 15 is 0 Å². The van der Waals surface area contributed by atoms with Crippen molar-refractivity contribution in [1.82, 2.24) is 14.5 Å². The second-order valence-electron chi connectivity index (χ2n) is 5.90. The van der Waals surface area contributed by atoms with Crippen LogP contribution in [0.3, 0.4) is 0 Å². The molecule has 1 aromatic heterocycles. The first-order chi connectivity index (χ1) is 10.9. The second kappa shape index (κ2) is 7.04. The Morgan fingerprint density at radius 1 is 1.35 bits per heavy atom. The number of carbonyl (C=O) groups is 1. The van der Waals surface area contributed by atoms with Gasteiger partial charge in [0.05, 0.1) is 11.8 Å². The zero-order chi connectivity index (χ0) is 17.1. The van der Waals surface area contributed by atoms with Gasteiger partial charge in [-0.3, -0.25) is 14.4 Å². The molecular formula is C16H26N4O3. The van der Waals surface area contributed by atoms with E-state index in [9.17, 15) is 4.79 Å². The minimum absolute atomic E-state index is 0.00535. The molecule has 0 fully saturated rings. The molecule has 0 saturated heterocycles. The smallest absolute Gasteiger partial charge is 0.329 e. The number of hydrogen-bond acceptors (Lipinski definition) is 4. The molecular weight excluding hydrogens is 296 g/mol. The summed E-state index contributed by atoms with van der Waals surface area (Å²) in [5, 5.41) is 9.05. The van der Waals surface area contributed by atoms with E-state index in [1.165, 1.54) is 4.90 Å². The number of aromatic nitrogens is 2. The fourth-order valence-electron chi connectivity index (χ4n) is 2.65. The molecule has 0 aliphatic carbocycles. The van der Waals surface area contributed by atoms with Gasteiger partial charge in [-0.1, -0.05) is 13.5 Å². The van der Waals surface area contributed by atoms with Crippen molar-refractivity contribution in [1.29, 1.82) is 0 Å². The maximum Gasteiger partial charge on any atom is 0.329 e. The lowest BCUT2D eigenvalue weighted by Gasteiger charge is -2.34. The van der Waals surface area contributed by atoms with E-state index in [1.807, 2.05) is 18.4 Å². The summed E-state index contributed by atoms with van der Waals surface area (Å²) in [6.07, 6.45) is 1.42. The van der Waals surface area contributed by atoms with Crippen LogP contribution in [-0.4, -0.2) is 51.9 Å². The second-order valence-corrected chi connectivity index (χ2v) is 5.90. The summed E-state index contributed by atoms with van der Waals surface area (Å²) in [5.74, 6) is 0.573. The number of amides is 2. The van der Waals surface area contributed by atoms with E-state index in [0.29, 0.717) is 30.5 Å². The summed E-state index contributed by atoms with van der Waals surface area (Å²) >= 11 is 0. The number of nitrogens with zero attached hydrogens (tertiary/aromatic N) is 4. The van der Waals surface area contributed by atoms with Crippen LogP contribution in [0.5, 0.6) is 6.01 Å². The monoisotopic (exact) mass is 322 g/mol. The number of rotatable bonds is 7. The third-order valence-electron chi connectivity index (χ3n) is 3.68. The molecule has 0 atom stereocenters. The summed E-state index contributed by atoms with van der Waals surface area (Å²) in [6.45, 7) is 11.3. The Balaban J connectivity index is 2.49. The highest BCUT2D eigenvalue weighted by molar-refractivity contribution is 6.02. The van der Waals surface area contributed by atoms with Crippen LogP contribution >= 0.6 is 0 Å². The van der Waals surface area contributed by atoms with Crippen LogP contribution in [0.25, 0.3) is 5.70 Å². The van der Waals surface area contributed by atoms with Gasteiger partial charge in [0.1, 0.15) is 5.69 Å². The van der Waals surface area contributed by atoms with Gasteiger partial charge >= 0.3 is 6.03 Å². The van der Waals surface area contributed by atoms with E-state index in [4.69, 9.17) is 9.84 Å². The molecule has 1 aromatic rings. The van der Waals surface area contributed by atoms with E-state index in [2.05, 4.69) is 18.5 Å². The van der Waals surface area contributed by atoms with Gasteiger partial charge in [0, 0.05) is 26.7 Å². The number of aliphatic hydroxyl groups excluding tert-OH is 1. The van der Waals surface area contributed by atoms with Crippen LogP contribution in [0.1, 0.15) is 39.3 Å². The fraction of sp³-hybridized carbons (Fsp3) is 0.625. The number of ether oxygens (including phenoxy) is 1. The van der Waals surface area contributed by atoms with Crippen LogP contribution in [0.2, 0.25) is 0 Å². The minimum Gasteiger partial charge on any atom is -0.462 e. The summed E-state index contributed by atoms with van der Waals surface area (Å²) in [6, 6.07) is 0.324. The lowest BCUT2D eigenvalue weighted by atomic mass is 10.2. The maximum absolute atomic E-state index is 12.5. The van der Waals surface area contributed by atoms with Crippen LogP contribution < -0.4 is 9.64 Å². The van der Waals surface area contributed by atoms with Gasteiger partial charge in [-0.15, -0.1) is 0 Å². The molecule has 2 amide bonds. The molecule has 1 N–H and O–H groups in total. The highest BCUT2D eigenvalue weighted by Gasteiger charge is 2.36. The fourth-order valence-corrected chi connectivity index (χ4v) is 2.65. The first-order valence-corrected chi connectivity index (χ1v) is 8.04. The van der Waals surface area contributed by atoms with Gasteiger partial charge in [0.2, 0.25) is 0 Å². The van der Waals surface area contributed by atoms with Crippen molar-refractivity contribution in [3.63, 3.8) is 0 Å². The molecule has 7 heteroatoms. The molecule has 0 unspecified atom stereocenters. The summed E-state index contributed by atoms with van der Waals surface area (Å²) in [5.41, 5.74) is 1.42. The maximum atomic E-state index is 12.5. The van der Waals surface area contributed by atoms with Gasteiger partial charge in [-0.05, 0) is 26.7 Å². The zero-order valence-electron chi connectivity index (χ0n) is 14.4. The lowest BCUT2D eigenvalue weighted by molar-refractivity contribution is 0.211. The Morgan fingerprint density at radius 3 is 2.61 bits per heavy atom. The van der Waals surface area contributed by atoms with Crippen molar-refractivity contribution in [3.8, 4) is 6.01 Å². The van der Waals surface area contributed by atoms with Crippen molar-refractivity contribution in [2.45, 2.75) is 46.3 Å². The normalized spacial score (nSPS) is 14.7. The molecule has 1 aliphatic rings. The predicted molar refractivity (Wildman–Crippen MR) is 89.5 cm³/mol. The van der Waals surface area contributed by atoms with E-state index in [1.54, 1.807) is 11.9 Å². The van der Waals surface area contributed by atoms with Gasteiger partial charge < -0.3 is 9.84 Å². The zero-order valence-corrected chi connectivity index (χ0v) is 14.4. The molecule has 23 heavy (non-hydrogen) atoms. The molecule has 0 saturated carbocycles. The number of anilines is 1. The predicted octanol–water partition coefficient (Wildman–Crippen LogP) is 2.31. The number of fused-ring (bicyclic) bond motifs is 1. The molecule has 2 rings (SSSR count). The minimum atomic E-state index is -0.187. The number of hydrogen-bond donors (Lipinski definition) is 1. The summed E-state index contributed by atoms with van der Waals surface area (Å²) in [7, 11) is 1.70. The SMILES string of the molecule is C=C1c2c(nc(OC(C)C)n2CCC)N(C)C(=O)N1CCCO. The Morgan fingerprint density at radius 2 is 2.04 bits per heavy atom. The number of aliphatic hydroxyl groups is 1. The van der Waals surface area contributed by atoms with Crippen LogP contribution in [0.4, 0.5) is 10.6 Å². The highest BCUT2D eigenvalue weighted by Crippen LogP contribution is 2.37. The van der Waals surface area contributed by atoms with Crippen molar-refractivity contribution >= 4 is 17.5 Å². The topological polar surface area (TPSA) is 70.8 Å². The molecule has 0 bridgehead atoms. The van der Waals surface area contributed by atoms with Crippen molar-refractivity contribution in [2.24, 2.45) is 0 Å². The highest BCUT2D eigenvalue weighted by atomic mass is 16.5. The summed E-state index contributed by atoms with van der Waals surface area (Å²) in [4.78, 5) is 20.1. The molecule has 0 aromatic carbocycles. The van der Waals surface area contributed by atoms with E-state index in [-0.39, 0.29) is 18.7 Å².